The average Bonchev–Trinajstić information content (AvgIpc) is 2.96. The summed E-state index contributed by atoms with van der Waals surface area (Å²) in [6.07, 6.45) is 3.85. The summed E-state index contributed by atoms with van der Waals surface area (Å²) in [6.45, 7) is 5.05. The molecular formula is C15H18N4O3. The SMILES string of the molecule is C=C1CCC2(CCN(c3nccc(C(=O)OC)n3)C2)C(=O)N1. The summed E-state index contributed by atoms with van der Waals surface area (Å²) in [6, 6.07) is 1.51. The average molecular weight is 302 g/mol. The van der Waals surface area contributed by atoms with Crippen molar-refractivity contribution in [2.24, 2.45) is 5.41 Å². The van der Waals surface area contributed by atoms with Crippen molar-refractivity contribution in [3.63, 3.8) is 0 Å². The molecule has 22 heavy (non-hydrogen) atoms. The van der Waals surface area contributed by atoms with Gasteiger partial charge in [0.2, 0.25) is 11.9 Å². The zero-order valence-electron chi connectivity index (χ0n) is 12.5. The molecule has 2 saturated heterocycles. The quantitative estimate of drug-likeness (QED) is 0.817. The van der Waals surface area contributed by atoms with Gasteiger partial charge in [0, 0.05) is 25.0 Å². The summed E-state index contributed by atoms with van der Waals surface area (Å²) in [5.74, 6) is -0.0170. The lowest BCUT2D eigenvalue weighted by molar-refractivity contribution is -0.131. The molecule has 1 amide bonds. The van der Waals surface area contributed by atoms with Gasteiger partial charge in [-0.1, -0.05) is 6.58 Å². The first kappa shape index (κ1) is 14.5. The van der Waals surface area contributed by atoms with Crippen LogP contribution in [-0.2, 0) is 9.53 Å². The van der Waals surface area contributed by atoms with Crippen LogP contribution in [0.25, 0.3) is 0 Å². The first-order valence-electron chi connectivity index (χ1n) is 7.20. The third kappa shape index (κ3) is 2.43. The number of carbonyl (C=O) groups excluding carboxylic acids is 2. The molecular weight excluding hydrogens is 284 g/mol. The summed E-state index contributed by atoms with van der Waals surface area (Å²) in [4.78, 5) is 34.3. The lowest BCUT2D eigenvalue weighted by Gasteiger charge is -2.33. The second kappa shape index (κ2) is 5.40. The maximum atomic E-state index is 12.3. The van der Waals surface area contributed by atoms with E-state index in [0.29, 0.717) is 19.0 Å². The Bertz CT molecular complexity index is 645. The summed E-state index contributed by atoms with van der Waals surface area (Å²) >= 11 is 0. The molecule has 1 aromatic heterocycles. The number of anilines is 1. The van der Waals surface area contributed by atoms with E-state index in [4.69, 9.17) is 0 Å². The van der Waals surface area contributed by atoms with Crippen molar-refractivity contribution >= 4 is 17.8 Å². The van der Waals surface area contributed by atoms with E-state index in [0.717, 1.165) is 25.0 Å². The van der Waals surface area contributed by atoms with E-state index in [9.17, 15) is 9.59 Å². The first-order valence-corrected chi connectivity index (χ1v) is 7.20. The van der Waals surface area contributed by atoms with Crippen molar-refractivity contribution in [2.45, 2.75) is 19.3 Å². The van der Waals surface area contributed by atoms with Gasteiger partial charge in [0.05, 0.1) is 12.5 Å². The molecule has 2 aliphatic rings. The van der Waals surface area contributed by atoms with Crippen LogP contribution in [0.3, 0.4) is 0 Å². The van der Waals surface area contributed by atoms with Gasteiger partial charge in [-0.25, -0.2) is 14.8 Å². The largest absolute Gasteiger partial charge is 0.464 e. The van der Waals surface area contributed by atoms with Crippen LogP contribution in [0.4, 0.5) is 5.95 Å². The van der Waals surface area contributed by atoms with E-state index in [1.807, 2.05) is 4.90 Å². The summed E-state index contributed by atoms with van der Waals surface area (Å²) in [5, 5.41) is 2.85. The highest BCUT2D eigenvalue weighted by molar-refractivity contribution is 5.88. The molecule has 0 aliphatic carbocycles. The number of piperidine rings is 1. The maximum Gasteiger partial charge on any atom is 0.356 e. The van der Waals surface area contributed by atoms with Crippen LogP contribution in [-0.4, -0.2) is 42.0 Å². The molecule has 1 aromatic rings. The van der Waals surface area contributed by atoms with Crippen molar-refractivity contribution in [3.8, 4) is 0 Å². The first-order chi connectivity index (χ1) is 10.5. The lowest BCUT2D eigenvalue weighted by atomic mass is 9.78. The number of esters is 1. The Kier molecular flexibility index (Phi) is 3.56. The Morgan fingerprint density at radius 3 is 3.05 bits per heavy atom. The van der Waals surface area contributed by atoms with Crippen LogP contribution >= 0.6 is 0 Å². The second-order valence-electron chi connectivity index (χ2n) is 5.74. The van der Waals surface area contributed by atoms with Crippen LogP contribution in [0, 0.1) is 5.41 Å². The Balaban J connectivity index is 1.79. The summed E-state index contributed by atoms with van der Waals surface area (Å²) in [5.41, 5.74) is 0.583. The lowest BCUT2D eigenvalue weighted by Crippen LogP contribution is -2.46. The van der Waals surface area contributed by atoms with E-state index in [1.54, 1.807) is 0 Å². The highest BCUT2D eigenvalue weighted by Crippen LogP contribution is 2.39. The number of nitrogens with one attached hydrogen (secondary N) is 1. The van der Waals surface area contributed by atoms with E-state index in [1.165, 1.54) is 19.4 Å². The van der Waals surface area contributed by atoms with Gasteiger partial charge in [-0.15, -0.1) is 0 Å². The number of nitrogens with zero attached hydrogens (tertiary/aromatic N) is 3. The van der Waals surface area contributed by atoms with E-state index >= 15 is 0 Å². The van der Waals surface area contributed by atoms with Gasteiger partial charge in [-0.3, -0.25) is 4.79 Å². The van der Waals surface area contributed by atoms with Crippen molar-refractivity contribution in [1.29, 1.82) is 0 Å². The van der Waals surface area contributed by atoms with Gasteiger partial charge >= 0.3 is 5.97 Å². The van der Waals surface area contributed by atoms with Gasteiger partial charge in [0.15, 0.2) is 5.69 Å². The third-order valence-corrected chi connectivity index (χ3v) is 4.35. The molecule has 2 fully saturated rings. The van der Waals surface area contributed by atoms with Crippen LogP contribution in [0.15, 0.2) is 24.5 Å². The van der Waals surface area contributed by atoms with Crippen LogP contribution < -0.4 is 10.2 Å². The van der Waals surface area contributed by atoms with Gasteiger partial charge in [0.1, 0.15) is 0 Å². The number of amides is 1. The molecule has 7 nitrogen and oxygen atoms in total. The highest BCUT2D eigenvalue weighted by Gasteiger charge is 2.47. The van der Waals surface area contributed by atoms with Crippen LogP contribution in [0.2, 0.25) is 0 Å². The van der Waals surface area contributed by atoms with Gasteiger partial charge in [0.25, 0.3) is 0 Å². The molecule has 7 heteroatoms. The van der Waals surface area contributed by atoms with Crippen molar-refractivity contribution in [2.75, 3.05) is 25.1 Å². The number of hydrogen-bond donors (Lipinski definition) is 1. The number of ether oxygens (including phenoxy) is 1. The van der Waals surface area contributed by atoms with E-state index in [2.05, 4.69) is 26.6 Å². The van der Waals surface area contributed by atoms with Crippen molar-refractivity contribution < 1.29 is 14.3 Å². The Morgan fingerprint density at radius 2 is 2.32 bits per heavy atom. The smallest absolute Gasteiger partial charge is 0.356 e. The van der Waals surface area contributed by atoms with E-state index in [-0.39, 0.29) is 11.6 Å². The zero-order valence-corrected chi connectivity index (χ0v) is 12.5. The number of rotatable bonds is 2. The minimum absolute atomic E-state index is 0.0235. The van der Waals surface area contributed by atoms with Gasteiger partial charge < -0.3 is 15.0 Å². The maximum absolute atomic E-state index is 12.3. The molecule has 0 saturated carbocycles. The number of allylic oxidation sites excluding steroid dienone is 1. The number of hydrogen-bond acceptors (Lipinski definition) is 6. The Morgan fingerprint density at radius 1 is 1.50 bits per heavy atom. The molecule has 1 unspecified atom stereocenters. The fourth-order valence-corrected chi connectivity index (χ4v) is 3.01. The molecule has 0 bridgehead atoms. The Hall–Kier alpha value is -2.44. The molecule has 0 radical (unpaired) electrons. The van der Waals surface area contributed by atoms with Crippen molar-refractivity contribution in [1.82, 2.24) is 15.3 Å². The van der Waals surface area contributed by atoms with Gasteiger partial charge in [-0.05, 0) is 25.3 Å². The molecule has 2 aliphatic heterocycles. The minimum atomic E-state index is -0.496. The number of methoxy groups -OCH3 is 1. The topological polar surface area (TPSA) is 84.4 Å². The molecule has 116 valence electrons. The molecule has 0 aromatic carbocycles. The number of carbonyl (C=O) groups is 2. The Labute approximate surface area is 128 Å². The monoisotopic (exact) mass is 302 g/mol. The van der Waals surface area contributed by atoms with Crippen LogP contribution in [0.1, 0.15) is 29.8 Å². The number of aromatic nitrogens is 2. The predicted molar refractivity (Wildman–Crippen MR) is 79.2 cm³/mol. The van der Waals surface area contributed by atoms with Gasteiger partial charge in [-0.2, -0.15) is 0 Å². The minimum Gasteiger partial charge on any atom is -0.464 e. The fourth-order valence-electron chi connectivity index (χ4n) is 3.01. The molecule has 1 atom stereocenters. The van der Waals surface area contributed by atoms with Crippen molar-refractivity contribution in [3.05, 3.63) is 30.2 Å². The molecule has 3 heterocycles. The third-order valence-electron chi connectivity index (χ3n) is 4.35. The highest BCUT2D eigenvalue weighted by atomic mass is 16.5. The van der Waals surface area contributed by atoms with Crippen LogP contribution in [0.5, 0.6) is 0 Å². The normalized spacial score (nSPS) is 24.5. The summed E-state index contributed by atoms with van der Waals surface area (Å²) in [7, 11) is 1.31. The van der Waals surface area contributed by atoms with E-state index < -0.39 is 11.4 Å². The summed E-state index contributed by atoms with van der Waals surface area (Å²) < 4.78 is 4.67. The standard InChI is InChI=1S/C15H18N4O3/c1-10-3-5-15(13(21)17-10)6-8-19(9-15)14-16-7-4-11(18-14)12(20)22-2/h4,7H,1,3,5-6,8-9H2,2H3,(H,17,21). The zero-order chi connectivity index (χ0) is 15.7. The molecule has 1 N–H and O–H groups in total. The second-order valence-corrected chi connectivity index (χ2v) is 5.74. The fraction of sp³-hybridized carbons (Fsp3) is 0.467. The predicted octanol–water partition coefficient (Wildman–Crippen LogP) is 0.883. The molecule has 3 rings (SSSR count). The molecule has 1 spiro atoms.